The van der Waals surface area contributed by atoms with Crippen molar-refractivity contribution in [2.45, 2.75) is 25.6 Å². The highest BCUT2D eigenvalue weighted by Gasteiger charge is 2.44. The third-order valence-electron chi connectivity index (χ3n) is 1.58. The van der Waals surface area contributed by atoms with Gasteiger partial charge in [-0.1, -0.05) is 6.92 Å². The summed E-state index contributed by atoms with van der Waals surface area (Å²) in [6, 6.07) is -1.87. The van der Waals surface area contributed by atoms with E-state index in [2.05, 4.69) is 0 Å². The summed E-state index contributed by atoms with van der Waals surface area (Å²) >= 11 is 0. The summed E-state index contributed by atoms with van der Waals surface area (Å²) in [7, 11) is 0. The van der Waals surface area contributed by atoms with E-state index in [1.807, 2.05) is 0 Å². The molecule has 0 aliphatic heterocycles. The molecule has 0 saturated carbocycles. The summed E-state index contributed by atoms with van der Waals surface area (Å²) in [5.74, 6) is -3.59. The van der Waals surface area contributed by atoms with Gasteiger partial charge >= 0.3 is 12.1 Å². The van der Waals surface area contributed by atoms with Crippen LogP contribution in [0.4, 0.5) is 13.2 Å². The Balaban J connectivity index is 4.45. The zero-order chi connectivity index (χ0) is 9.94. The fourth-order valence-electron chi connectivity index (χ4n) is 0.861. The molecule has 0 aromatic heterocycles. The van der Waals surface area contributed by atoms with Gasteiger partial charge in [-0.3, -0.25) is 4.79 Å². The lowest BCUT2D eigenvalue weighted by Crippen LogP contribution is -2.44. The second kappa shape index (κ2) is 3.75. The van der Waals surface area contributed by atoms with E-state index in [0.717, 1.165) is 0 Å². The molecule has 0 aliphatic carbocycles. The molecule has 0 bridgehead atoms. The molecule has 0 unspecified atom stereocenters. The fraction of sp³-hybridized carbons (Fsp3) is 0.833. The molecule has 3 nitrogen and oxygen atoms in total. The predicted molar refractivity (Wildman–Crippen MR) is 35.4 cm³/mol. The van der Waals surface area contributed by atoms with Crippen molar-refractivity contribution < 1.29 is 23.1 Å². The number of alkyl halides is 3. The van der Waals surface area contributed by atoms with Crippen molar-refractivity contribution in [1.82, 2.24) is 0 Å². The first-order chi connectivity index (χ1) is 5.30. The molecule has 12 heavy (non-hydrogen) atoms. The molecule has 2 atom stereocenters. The molecule has 0 aromatic rings. The van der Waals surface area contributed by atoms with Gasteiger partial charge in [-0.25, -0.2) is 0 Å². The molecule has 0 saturated heterocycles. The molecule has 0 amide bonds. The summed E-state index contributed by atoms with van der Waals surface area (Å²) < 4.78 is 36.0. The number of rotatable bonds is 3. The van der Waals surface area contributed by atoms with Crippen LogP contribution in [0.25, 0.3) is 0 Å². The van der Waals surface area contributed by atoms with Crippen molar-refractivity contribution in [3.8, 4) is 0 Å². The van der Waals surface area contributed by atoms with Crippen molar-refractivity contribution in [2.24, 2.45) is 11.7 Å². The third-order valence-corrected chi connectivity index (χ3v) is 1.58. The van der Waals surface area contributed by atoms with Gasteiger partial charge in [0, 0.05) is 0 Å². The molecule has 0 fully saturated rings. The van der Waals surface area contributed by atoms with Crippen LogP contribution in [0.1, 0.15) is 13.3 Å². The first-order valence-corrected chi connectivity index (χ1v) is 3.35. The molecule has 0 heterocycles. The Morgan fingerprint density at radius 2 is 2.00 bits per heavy atom. The van der Waals surface area contributed by atoms with E-state index in [0.29, 0.717) is 0 Å². The number of halogens is 3. The quantitative estimate of drug-likeness (QED) is 0.689. The van der Waals surface area contributed by atoms with Crippen LogP contribution in [0.2, 0.25) is 0 Å². The van der Waals surface area contributed by atoms with Crippen LogP contribution >= 0.6 is 0 Å². The van der Waals surface area contributed by atoms with E-state index >= 15 is 0 Å². The molecule has 3 N–H and O–H groups in total. The zero-order valence-electron chi connectivity index (χ0n) is 6.43. The highest BCUT2D eigenvalue weighted by atomic mass is 19.4. The van der Waals surface area contributed by atoms with Crippen LogP contribution in [0.3, 0.4) is 0 Å². The molecule has 0 spiro atoms. The third kappa shape index (κ3) is 2.69. The maximum atomic E-state index is 12.0. The largest absolute Gasteiger partial charge is 0.480 e. The van der Waals surface area contributed by atoms with E-state index in [-0.39, 0.29) is 6.42 Å². The van der Waals surface area contributed by atoms with Gasteiger partial charge < -0.3 is 10.8 Å². The van der Waals surface area contributed by atoms with Gasteiger partial charge in [-0.05, 0) is 6.42 Å². The van der Waals surface area contributed by atoms with E-state index in [9.17, 15) is 18.0 Å². The number of carboxylic acids is 1. The highest BCUT2D eigenvalue weighted by molar-refractivity contribution is 5.73. The van der Waals surface area contributed by atoms with Crippen molar-refractivity contribution >= 4 is 5.97 Å². The summed E-state index contributed by atoms with van der Waals surface area (Å²) in [4.78, 5) is 10.1. The Morgan fingerprint density at radius 1 is 1.58 bits per heavy atom. The van der Waals surface area contributed by atoms with Gasteiger partial charge in [-0.15, -0.1) is 0 Å². The average Bonchev–Trinajstić information content (AvgIpc) is 1.85. The lowest BCUT2D eigenvalue weighted by molar-refractivity contribution is -0.187. The van der Waals surface area contributed by atoms with E-state index in [4.69, 9.17) is 10.8 Å². The predicted octanol–water partition coefficient (Wildman–Crippen LogP) is 0.987. The lowest BCUT2D eigenvalue weighted by Gasteiger charge is -2.21. The number of aliphatic carboxylic acids is 1. The van der Waals surface area contributed by atoms with E-state index in [1.165, 1.54) is 6.92 Å². The lowest BCUT2D eigenvalue weighted by atomic mass is 9.97. The fourth-order valence-corrected chi connectivity index (χ4v) is 0.861. The number of nitrogens with two attached hydrogens (primary N) is 1. The van der Waals surface area contributed by atoms with Gasteiger partial charge in [0.1, 0.15) is 6.04 Å². The number of carbonyl (C=O) groups is 1. The molecule has 0 aliphatic rings. The van der Waals surface area contributed by atoms with E-state index < -0.39 is 24.1 Å². The molecule has 6 heteroatoms. The zero-order valence-corrected chi connectivity index (χ0v) is 6.43. The first kappa shape index (κ1) is 11.2. The second-order valence-corrected chi connectivity index (χ2v) is 2.42. The Bertz CT molecular complexity index is 169. The minimum absolute atomic E-state index is 0.322. The smallest absolute Gasteiger partial charge is 0.393 e. The standard InChI is InChI=1S/C6H10F3NO2/c1-2-3(6(7,8)9)4(10)5(11)12/h3-4H,2,10H2,1H3,(H,11,12)/t3-,4+/m1/s1. The number of hydrogen-bond acceptors (Lipinski definition) is 2. The van der Waals surface area contributed by atoms with Crippen LogP contribution < -0.4 is 5.73 Å². The number of carboxylic acid groups (broad SMARTS) is 1. The Morgan fingerprint density at radius 3 is 2.08 bits per heavy atom. The Hall–Kier alpha value is -0.780. The summed E-state index contributed by atoms with van der Waals surface area (Å²) in [6.07, 6.45) is -4.86. The maximum absolute atomic E-state index is 12.0. The van der Waals surface area contributed by atoms with Crippen molar-refractivity contribution in [2.75, 3.05) is 0 Å². The average molecular weight is 185 g/mol. The van der Waals surface area contributed by atoms with Crippen LogP contribution in [0.5, 0.6) is 0 Å². The molecular formula is C6H10F3NO2. The van der Waals surface area contributed by atoms with Crippen LogP contribution in [-0.4, -0.2) is 23.3 Å². The van der Waals surface area contributed by atoms with E-state index in [1.54, 1.807) is 0 Å². The van der Waals surface area contributed by atoms with Gasteiger partial charge in [0.2, 0.25) is 0 Å². The molecular weight excluding hydrogens is 175 g/mol. The van der Waals surface area contributed by atoms with Crippen LogP contribution in [-0.2, 0) is 4.79 Å². The normalized spacial score (nSPS) is 17.1. The maximum Gasteiger partial charge on any atom is 0.393 e. The van der Waals surface area contributed by atoms with Gasteiger partial charge in [0.05, 0.1) is 5.92 Å². The molecule has 0 radical (unpaired) electrons. The van der Waals surface area contributed by atoms with Crippen molar-refractivity contribution in [3.05, 3.63) is 0 Å². The first-order valence-electron chi connectivity index (χ1n) is 3.35. The highest BCUT2D eigenvalue weighted by Crippen LogP contribution is 2.30. The summed E-state index contributed by atoms with van der Waals surface area (Å²) in [5, 5.41) is 8.22. The Labute approximate surface area is 67.4 Å². The van der Waals surface area contributed by atoms with Gasteiger partial charge in [0.25, 0.3) is 0 Å². The van der Waals surface area contributed by atoms with Crippen LogP contribution in [0.15, 0.2) is 0 Å². The van der Waals surface area contributed by atoms with Gasteiger partial charge in [0.15, 0.2) is 0 Å². The van der Waals surface area contributed by atoms with Crippen LogP contribution in [0, 0.1) is 5.92 Å². The second-order valence-electron chi connectivity index (χ2n) is 2.42. The van der Waals surface area contributed by atoms with Gasteiger partial charge in [-0.2, -0.15) is 13.2 Å². The number of hydrogen-bond donors (Lipinski definition) is 2. The Kier molecular flexibility index (Phi) is 3.51. The SMILES string of the molecule is CC[C@H]([C@H](N)C(=O)O)C(F)(F)F. The molecule has 72 valence electrons. The van der Waals surface area contributed by atoms with Crippen molar-refractivity contribution in [3.63, 3.8) is 0 Å². The monoisotopic (exact) mass is 185 g/mol. The topological polar surface area (TPSA) is 63.3 Å². The molecule has 0 aromatic carbocycles. The molecule has 0 rings (SSSR count). The summed E-state index contributed by atoms with van der Waals surface area (Å²) in [5.41, 5.74) is 4.84. The minimum Gasteiger partial charge on any atom is -0.480 e. The summed E-state index contributed by atoms with van der Waals surface area (Å²) in [6.45, 7) is 1.25. The van der Waals surface area contributed by atoms with Crippen molar-refractivity contribution in [1.29, 1.82) is 0 Å². The minimum atomic E-state index is -4.54.